The van der Waals surface area contributed by atoms with Crippen LogP contribution in [-0.2, 0) is 0 Å². The number of aromatic nitrogens is 3. The van der Waals surface area contributed by atoms with Crippen molar-refractivity contribution >= 4 is 62.7 Å². The third kappa shape index (κ3) is 3.09. The minimum absolute atomic E-state index is 0.585. The van der Waals surface area contributed by atoms with Crippen LogP contribution in [0.25, 0.3) is 16.2 Å². The van der Waals surface area contributed by atoms with Gasteiger partial charge in [0.25, 0.3) is 0 Å². The average molecular weight is 410 g/mol. The van der Waals surface area contributed by atoms with Crippen LogP contribution in [0, 0.1) is 6.92 Å². The highest BCUT2D eigenvalue weighted by atomic mass is 35.5. The van der Waals surface area contributed by atoms with Gasteiger partial charge in [-0.2, -0.15) is 0 Å². The van der Waals surface area contributed by atoms with Crippen LogP contribution in [0.3, 0.4) is 0 Å². The summed E-state index contributed by atoms with van der Waals surface area (Å²) in [5, 5.41) is 15.6. The highest BCUT2D eigenvalue weighted by Gasteiger charge is 2.16. The molecule has 0 unspecified atom stereocenters. The Kier molecular flexibility index (Phi) is 4.33. The molecule has 8 heteroatoms. The van der Waals surface area contributed by atoms with E-state index in [0.717, 1.165) is 27.5 Å². The van der Waals surface area contributed by atoms with E-state index in [-0.39, 0.29) is 0 Å². The molecule has 0 amide bonds. The first-order valence-electron chi connectivity index (χ1n) is 7.34. The van der Waals surface area contributed by atoms with Gasteiger partial charge in [0.05, 0.1) is 10.7 Å². The molecular weight excluding hydrogens is 399 g/mol. The lowest BCUT2D eigenvalue weighted by molar-refractivity contribution is 1.11. The zero-order chi connectivity index (χ0) is 17.6. The maximum absolute atomic E-state index is 6.36. The number of nitrogens with zero attached hydrogens (tertiary/aromatic N) is 3. The molecule has 0 bridgehead atoms. The predicted octanol–water partition coefficient (Wildman–Crippen LogP) is 6.47. The molecule has 4 rings (SSSR count). The maximum atomic E-state index is 6.36. The van der Waals surface area contributed by atoms with Crippen LogP contribution < -0.4 is 5.32 Å². The lowest BCUT2D eigenvalue weighted by atomic mass is 10.2. The summed E-state index contributed by atoms with van der Waals surface area (Å²) >= 11 is 20.2. The van der Waals surface area contributed by atoms with E-state index in [1.54, 1.807) is 12.1 Å². The number of rotatable bonds is 3. The van der Waals surface area contributed by atoms with Crippen molar-refractivity contribution in [1.82, 2.24) is 14.6 Å². The zero-order valence-corrected chi connectivity index (χ0v) is 16.0. The SMILES string of the molecule is Cc1ccc(Nc2nnc3scc(-c4cc(Cl)ccc4Cl)n23)cc1Cl. The van der Waals surface area contributed by atoms with Crippen LogP contribution in [0.1, 0.15) is 5.56 Å². The molecule has 2 heterocycles. The van der Waals surface area contributed by atoms with Gasteiger partial charge in [-0.15, -0.1) is 21.5 Å². The summed E-state index contributed by atoms with van der Waals surface area (Å²) in [4.78, 5) is 0.756. The number of hydrogen-bond donors (Lipinski definition) is 1. The monoisotopic (exact) mass is 408 g/mol. The molecule has 4 nitrogen and oxygen atoms in total. The van der Waals surface area contributed by atoms with Gasteiger partial charge < -0.3 is 5.32 Å². The van der Waals surface area contributed by atoms with E-state index < -0.39 is 0 Å². The summed E-state index contributed by atoms with van der Waals surface area (Å²) < 4.78 is 1.91. The molecule has 0 saturated carbocycles. The largest absolute Gasteiger partial charge is 0.324 e. The van der Waals surface area contributed by atoms with Gasteiger partial charge in [0.1, 0.15) is 0 Å². The van der Waals surface area contributed by atoms with Gasteiger partial charge in [0.15, 0.2) is 0 Å². The number of anilines is 2. The van der Waals surface area contributed by atoms with Crippen LogP contribution >= 0.6 is 46.1 Å². The number of thiazole rings is 1. The third-order valence-electron chi connectivity index (χ3n) is 3.78. The Balaban J connectivity index is 1.82. The second kappa shape index (κ2) is 6.50. The Bertz CT molecular complexity index is 1090. The van der Waals surface area contributed by atoms with Crippen molar-refractivity contribution in [1.29, 1.82) is 0 Å². The molecule has 0 aliphatic rings. The van der Waals surface area contributed by atoms with Gasteiger partial charge >= 0.3 is 0 Å². The number of fused-ring (bicyclic) bond motifs is 1. The second-order valence-electron chi connectivity index (χ2n) is 5.48. The minimum atomic E-state index is 0.585. The van der Waals surface area contributed by atoms with Crippen molar-refractivity contribution < 1.29 is 0 Å². The Labute approximate surface area is 163 Å². The van der Waals surface area contributed by atoms with Gasteiger partial charge in [0.2, 0.25) is 10.9 Å². The van der Waals surface area contributed by atoms with E-state index in [2.05, 4.69) is 15.5 Å². The molecule has 2 aromatic carbocycles. The van der Waals surface area contributed by atoms with Crippen LogP contribution in [-0.4, -0.2) is 14.6 Å². The molecule has 1 N–H and O–H groups in total. The first-order valence-corrected chi connectivity index (χ1v) is 9.35. The normalized spacial score (nSPS) is 11.2. The number of halogens is 3. The summed E-state index contributed by atoms with van der Waals surface area (Å²) in [5.41, 5.74) is 3.54. The Morgan fingerprint density at radius 2 is 1.84 bits per heavy atom. The van der Waals surface area contributed by atoms with E-state index in [9.17, 15) is 0 Å². The quantitative estimate of drug-likeness (QED) is 0.421. The summed E-state index contributed by atoms with van der Waals surface area (Å²) in [6.45, 7) is 1.96. The van der Waals surface area contributed by atoms with E-state index in [1.165, 1.54) is 11.3 Å². The molecule has 126 valence electrons. The fraction of sp³-hybridized carbons (Fsp3) is 0.0588. The molecule has 0 aliphatic carbocycles. The molecule has 0 saturated heterocycles. The number of benzene rings is 2. The molecule has 25 heavy (non-hydrogen) atoms. The average Bonchev–Trinajstić information content (AvgIpc) is 3.16. The fourth-order valence-electron chi connectivity index (χ4n) is 2.48. The summed E-state index contributed by atoms with van der Waals surface area (Å²) in [7, 11) is 0. The van der Waals surface area contributed by atoms with Gasteiger partial charge in [0, 0.05) is 26.7 Å². The lowest BCUT2D eigenvalue weighted by Crippen LogP contribution is -1.98. The first kappa shape index (κ1) is 16.7. The van der Waals surface area contributed by atoms with Gasteiger partial charge in [-0.25, -0.2) is 0 Å². The van der Waals surface area contributed by atoms with Crippen LogP contribution in [0.5, 0.6) is 0 Å². The van der Waals surface area contributed by atoms with E-state index >= 15 is 0 Å². The summed E-state index contributed by atoms with van der Waals surface area (Å²) in [6, 6.07) is 11.1. The second-order valence-corrected chi connectivity index (χ2v) is 7.56. The molecule has 2 aromatic heterocycles. The van der Waals surface area contributed by atoms with Crippen molar-refractivity contribution in [3.8, 4) is 11.3 Å². The fourth-order valence-corrected chi connectivity index (χ4v) is 3.88. The van der Waals surface area contributed by atoms with Crippen molar-refractivity contribution in [2.45, 2.75) is 6.92 Å². The lowest BCUT2D eigenvalue weighted by Gasteiger charge is -2.08. The standard InChI is InChI=1S/C17H11Cl3N4S/c1-9-2-4-11(7-14(9)20)21-16-22-23-17-24(16)15(8-25-17)12-6-10(18)3-5-13(12)19/h2-8H,1H3,(H,21,22). The zero-order valence-electron chi connectivity index (χ0n) is 12.9. The maximum Gasteiger partial charge on any atom is 0.234 e. The van der Waals surface area contributed by atoms with E-state index in [1.807, 2.05) is 41.0 Å². The third-order valence-corrected chi connectivity index (χ3v) is 5.57. The Hall–Kier alpha value is -1.79. The van der Waals surface area contributed by atoms with Gasteiger partial charge in [-0.05, 0) is 42.8 Å². The van der Waals surface area contributed by atoms with Gasteiger partial charge in [-0.1, -0.05) is 40.9 Å². The Morgan fingerprint density at radius 3 is 2.64 bits per heavy atom. The molecule has 4 aromatic rings. The first-order chi connectivity index (χ1) is 12.0. The highest BCUT2D eigenvalue weighted by Crippen LogP contribution is 2.35. The number of hydrogen-bond acceptors (Lipinski definition) is 4. The number of nitrogens with one attached hydrogen (secondary N) is 1. The van der Waals surface area contributed by atoms with Crippen molar-refractivity contribution in [2.75, 3.05) is 5.32 Å². The smallest absolute Gasteiger partial charge is 0.234 e. The van der Waals surface area contributed by atoms with Crippen molar-refractivity contribution in [3.63, 3.8) is 0 Å². The number of aryl methyl sites for hydroxylation is 1. The summed E-state index contributed by atoms with van der Waals surface area (Å²) in [5.74, 6) is 0.585. The molecule has 0 spiro atoms. The van der Waals surface area contributed by atoms with Crippen LogP contribution in [0.2, 0.25) is 15.1 Å². The van der Waals surface area contributed by atoms with Crippen molar-refractivity contribution in [3.05, 3.63) is 62.4 Å². The molecule has 0 radical (unpaired) electrons. The van der Waals surface area contributed by atoms with Crippen LogP contribution in [0.15, 0.2) is 41.8 Å². The minimum Gasteiger partial charge on any atom is -0.324 e. The van der Waals surface area contributed by atoms with Gasteiger partial charge in [-0.3, -0.25) is 4.40 Å². The van der Waals surface area contributed by atoms with E-state index in [0.29, 0.717) is 21.0 Å². The molecular formula is C17H11Cl3N4S. The van der Waals surface area contributed by atoms with Crippen molar-refractivity contribution in [2.24, 2.45) is 0 Å². The molecule has 0 atom stereocenters. The predicted molar refractivity (Wildman–Crippen MR) is 106 cm³/mol. The summed E-state index contributed by atoms with van der Waals surface area (Å²) in [6.07, 6.45) is 0. The molecule has 0 fully saturated rings. The topological polar surface area (TPSA) is 42.2 Å². The molecule has 0 aliphatic heterocycles. The highest BCUT2D eigenvalue weighted by molar-refractivity contribution is 7.15. The van der Waals surface area contributed by atoms with Crippen LogP contribution in [0.4, 0.5) is 11.6 Å². The Morgan fingerprint density at radius 1 is 1.00 bits per heavy atom. The van der Waals surface area contributed by atoms with E-state index in [4.69, 9.17) is 34.8 Å².